The minimum absolute atomic E-state index is 0.0458. The molecule has 14 heteroatoms. The number of aromatic nitrogens is 4. The number of carbonyl (C=O) groups is 1. The van der Waals surface area contributed by atoms with Gasteiger partial charge in [0.05, 0.1) is 43.7 Å². The van der Waals surface area contributed by atoms with E-state index in [4.69, 9.17) is 11.6 Å². The fraction of sp³-hybridized carbons (Fsp3) is 0.276. The van der Waals surface area contributed by atoms with Gasteiger partial charge in [-0.3, -0.25) is 9.78 Å². The molecule has 1 amide bonds. The van der Waals surface area contributed by atoms with E-state index in [1.54, 1.807) is 4.90 Å². The van der Waals surface area contributed by atoms with Crippen molar-refractivity contribution < 1.29 is 22.7 Å². The van der Waals surface area contributed by atoms with Crippen LogP contribution < -0.4 is 10.6 Å². The normalized spacial score (nSPS) is 15.7. The van der Waals surface area contributed by atoms with Crippen molar-refractivity contribution in [1.29, 1.82) is 0 Å². The average Bonchev–Trinajstić information content (AvgIpc) is 2.96. The van der Waals surface area contributed by atoms with E-state index < -0.39 is 32.3 Å². The highest BCUT2D eigenvalue weighted by molar-refractivity contribution is 7.92. The number of carbonyl (C=O) groups excluding carboxylic acids is 1. The van der Waals surface area contributed by atoms with Crippen LogP contribution in [0.3, 0.4) is 0 Å². The number of fused-ring (bicyclic) bond motifs is 1. The maximum atomic E-state index is 15.0. The number of piperazine rings is 1. The third-order valence-electron chi connectivity index (χ3n) is 7.34. The first-order valence-corrected chi connectivity index (χ1v) is 15.3. The van der Waals surface area contributed by atoms with Crippen molar-refractivity contribution in [3.63, 3.8) is 0 Å². The van der Waals surface area contributed by atoms with Crippen molar-refractivity contribution >= 4 is 44.2 Å². The molecule has 1 saturated heterocycles. The number of pyridine rings is 2. The van der Waals surface area contributed by atoms with Crippen molar-refractivity contribution in [2.45, 2.75) is 37.0 Å². The van der Waals surface area contributed by atoms with Gasteiger partial charge in [-0.2, -0.15) is 4.98 Å². The fourth-order valence-corrected chi connectivity index (χ4v) is 6.54. The smallest absolute Gasteiger partial charge is 0.355 e. The standard InChI is InChI=1S/C29H28ClFN6O5S/c1-5-24(39)35-11-12-36(17(4)15-35)27-18-13-19(30)26(25-20(31)7-6-8-22(25)38)33-28(18)37(29(40)34-27)21-14-32-10-9-23(21)43(41,42)16(2)3/h5-10,13-14,16-17,38H,1,11-12,15H2,2-4H3/t17-/m0/s1. The van der Waals surface area contributed by atoms with Gasteiger partial charge in [0, 0.05) is 31.9 Å². The molecule has 0 aliphatic carbocycles. The molecular formula is C29H28ClFN6O5S. The van der Waals surface area contributed by atoms with E-state index in [9.17, 15) is 23.1 Å². The molecule has 0 unspecified atom stereocenters. The third-order valence-corrected chi connectivity index (χ3v) is 9.83. The number of benzene rings is 1. The highest BCUT2D eigenvalue weighted by atomic mass is 35.5. The minimum atomic E-state index is -3.92. The predicted octanol–water partition coefficient (Wildman–Crippen LogP) is 3.75. The minimum Gasteiger partial charge on any atom is -0.507 e. The molecule has 0 bridgehead atoms. The van der Waals surface area contributed by atoms with Gasteiger partial charge < -0.3 is 14.9 Å². The summed E-state index contributed by atoms with van der Waals surface area (Å²) in [7, 11) is -3.92. The molecule has 5 rings (SSSR count). The Bertz CT molecular complexity index is 1930. The largest absolute Gasteiger partial charge is 0.507 e. The first-order chi connectivity index (χ1) is 20.4. The molecule has 1 aromatic carbocycles. The zero-order valence-corrected chi connectivity index (χ0v) is 25.1. The summed E-state index contributed by atoms with van der Waals surface area (Å²) in [5.74, 6) is -1.27. The van der Waals surface area contributed by atoms with Crippen LogP contribution in [0.4, 0.5) is 10.2 Å². The molecule has 224 valence electrons. The van der Waals surface area contributed by atoms with Gasteiger partial charge in [0.15, 0.2) is 15.5 Å². The predicted molar refractivity (Wildman–Crippen MR) is 161 cm³/mol. The van der Waals surface area contributed by atoms with Crippen LogP contribution in [-0.2, 0) is 14.6 Å². The van der Waals surface area contributed by atoms with Gasteiger partial charge in [-0.1, -0.05) is 24.2 Å². The summed E-state index contributed by atoms with van der Waals surface area (Å²) < 4.78 is 42.7. The Morgan fingerprint density at radius 2 is 1.98 bits per heavy atom. The summed E-state index contributed by atoms with van der Waals surface area (Å²) in [6.45, 7) is 9.37. The number of rotatable bonds is 6. The quantitative estimate of drug-likeness (QED) is 0.317. The number of phenols is 1. The summed E-state index contributed by atoms with van der Waals surface area (Å²) in [6.07, 6.45) is 3.75. The molecule has 0 saturated carbocycles. The van der Waals surface area contributed by atoms with Crippen molar-refractivity contribution in [1.82, 2.24) is 24.4 Å². The van der Waals surface area contributed by atoms with Gasteiger partial charge >= 0.3 is 5.69 Å². The molecule has 0 spiro atoms. The van der Waals surface area contributed by atoms with Crippen LogP contribution in [0, 0.1) is 5.82 Å². The Balaban J connectivity index is 1.84. The van der Waals surface area contributed by atoms with Gasteiger partial charge in [-0.05, 0) is 51.1 Å². The summed E-state index contributed by atoms with van der Waals surface area (Å²) in [5, 5.41) is 9.91. The Kier molecular flexibility index (Phi) is 7.97. The van der Waals surface area contributed by atoms with E-state index >= 15 is 4.39 Å². The maximum absolute atomic E-state index is 15.0. The summed E-state index contributed by atoms with van der Waals surface area (Å²) >= 11 is 6.65. The van der Waals surface area contributed by atoms with Crippen LogP contribution in [0.2, 0.25) is 5.02 Å². The topological polar surface area (TPSA) is 139 Å². The lowest BCUT2D eigenvalue weighted by atomic mass is 10.1. The number of sulfone groups is 1. The molecule has 4 aromatic rings. The molecule has 0 radical (unpaired) electrons. The first-order valence-electron chi connectivity index (χ1n) is 13.3. The van der Waals surface area contributed by atoms with Crippen molar-refractivity contribution in [2.75, 3.05) is 24.5 Å². The number of amides is 1. The molecule has 3 aromatic heterocycles. The second-order valence-electron chi connectivity index (χ2n) is 10.3. The van der Waals surface area contributed by atoms with E-state index in [1.807, 2.05) is 11.8 Å². The fourth-order valence-electron chi connectivity index (χ4n) is 5.10. The highest BCUT2D eigenvalue weighted by Gasteiger charge is 2.31. The lowest BCUT2D eigenvalue weighted by Crippen LogP contribution is -2.54. The van der Waals surface area contributed by atoms with Crippen LogP contribution in [-0.4, -0.2) is 74.8 Å². The van der Waals surface area contributed by atoms with Gasteiger partial charge in [0.1, 0.15) is 17.4 Å². The van der Waals surface area contributed by atoms with Gasteiger partial charge in [0.2, 0.25) is 5.91 Å². The van der Waals surface area contributed by atoms with E-state index in [0.717, 1.165) is 10.6 Å². The molecular weight excluding hydrogens is 599 g/mol. The molecule has 1 aliphatic heterocycles. The number of anilines is 1. The second-order valence-corrected chi connectivity index (χ2v) is 13.2. The molecule has 11 nitrogen and oxygen atoms in total. The summed E-state index contributed by atoms with van der Waals surface area (Å²) in [4.78, 5) is 42.4. The Morgan fingerprint density at radius 1 is 1.23 bits per heavy atom. The zero-order valence-electron chi connectivity index (χ0n) is 23.5. The average molecular weight is 627 g/mol. The molecule has 4 heterocycles. The molecule has 1 fully saturated rings. The second kappa shape index (κ2) is 11.4. The lowest BCUT2D eigenvalue weighted by molar-refractivity contribution is -0.126. The SMILES string of the molecule is C=CC(=O)N1CCN(c2nc(=O)n(-c3cnccc3S(=O)(=O)C(C)C)c3nc(-c4c(O)cccc4F)c(Cl)cc23)[C@@H](C)C1. The van der Waals surface area contributed by atoms with Crippen molar-refractivity contribution in [3.8, 4) is 22.7 Å². The number of phenolic OH excluding ortho intramolecular Hbond substituents is 1. The Morgan fingerprint density at radius 3 is 2.63 bits per heavy atom. The number of hydrogen-bond donors (Lipinski definition) is 1. The van der Waals surface area contributed by atoms with Crippen LogP contribution in [0.15, 0.2) is 65.1 Å². The molecule has 1 atom stereocenters. The molecule has 1 aliphatic rings. The van der Waals surface area contributed by atoms with E-state index in [1.165, 1.54) is 56.6 Å². The summed E-state index contributed by atoms with van der Waals surface area (Å²) in [5.41, 5.74) is -1.51. The Labute approximate surface area is 251 Å². The summed E-state index contributed by atoms with van der Waals surface area (Å²) in [6, 6.07) is 6.15. The van der Waals surface area contributed by atoms with E-state index in [0.29, 0.717) is 19.6 Å². The van der Waals surface area contributed by atoms with Gasteiger partial charge in [-0.15, -0.1) is 0 Å². The van der Waals surface area contributed by atoms with E-state index in [2.05, 4.69) is 21.5 Å². The Hall–Kier alpha value is -4.36. The van der Waals surface area contributed by atoms with Crippen molar-refractivity contribution in [3.05, 3.63) is 76.7 Å². The number of nitrogens with zero attached hydrogens (tertiary/aromatic N) is 6. The van der Waals surface area contributed by atoms with Crippen LogP contribution in [0.25, 0.3) is 28.0 Å². The van der Waals surface area contributed by atoms with Gasteiger partial charge in [-0.25, -0.2) is 27.2 Å². The molecule has 1 N–H and O–H groups in total. The van der Waals surface area contributed by atoms with Crippen LogP contribution >= 0.6 is 11.6 Å². The zero-order chi connectivity index (χ0) is 31.2. The number of hydrogen-bond acceptors (Lipinski definition) is 9. The van der Waals surface area contributed by atoms with Crippen LogP contribution in [0.1, 0.15) is 20.8 Å². The lowest BCUT2D eigenvalue weighted by Gasteiger charge is -2.40. The van der Waals surface area contributed by atoms with Crippen molar-refractivity contribution in [2.24, 2.45) is 0 Å². The number of halogens is 2. The monoisotopic (exact) mass is 626 g/mol. The van der Waals surface area contributed by atoms with Gasteiger partial charge in [0.25, 0.3) is 0 Å². The van der Waals surface area contributed by atoms with Crippen LogP contribution in [0.5, 0.6) is 5.75 Å². The highest BCUT2D eigenvalue weighted by Crippen LogP contribution is 2.39. The number of aromatic hydroxyl groups is 1. The maximum Gasteiger partial charge on any atom is 0.355 e. The third kappa shape index (κ3) is 5.23. The molecule has 43 heavy (non-hydrogen) atoms. The van der Waals surface area contributed by atoms with E-state index in [-0.39, 0.29) is 55.7 Å². The first kappa shape index (κ1) is 30.1.